The molecule has 3 aromatic rings. The van der Waals surface area contributed by atoms with Gasteiger partial charge in [0.15, 0.2) is 10.8 Å². The fourth-order valence-corrected chi connectivity index (χ4v) is 7.37. The Labute approximate surface area is 254 Å². The predicted molar refractivity (Wildman–Crippen MR) is 159 cm³/mol. The Hall–Kier alpha value is -4.10. The summed E-state index contributed by atoms with van der Waals surface area (Å²) in [6.45, 7) is 5.79. The molecule has 0 amide bonds. The summed E-state index contributed by atoms with van der Waals surface area (Å²) in [5.74, 6) is -0.579. The van der Waals surface area contributed by atoms with Crippen LogP contribution in [0.4, 0.5) is 18.9 Å². The van der Waals surface area contributed by atoms with Crippen molar-refractivity contribution >= 4 is 27.3 Å². The number of aliphatic hydroxyl groups excluding tert-OH is 1. The number of fused-ring (bicyclic) bond motifs is 1. The molecule has 5 rings (SSSR count). The molecule has 0 radical (unpaired) electrons. The zero-order valence-electron chi connectivity index (χ0n) is 24.6. The van der Waals surface area contributed by atoms with Crippen LogP contribution < -0.4 is 9.64 Å². The molecule has 0 atom stereocenters. The molecule has 44 heavy (non-hydrogen) atoms. The number of ether oxygens (including phenoxy) is 1. The zero-order valence-corrected chi connectivity index (χ0v) is 25.4. The minimum atomic E-state index is -4.42. The van der Waals surface area contributed by atoms with Crippen LogP contribution in [0.1, 0.15) is 39.2 Å². The SMILES string of the molecule is COc1ccc(/C(O)=C2\C(=O)c3c(C)cc(C)nc3S(=O)(=O)N2CCCN2CCN(c3cccc(C(F)(F)F)c3)CC2)cc1. The van der Waals surface area contributed by atoms with Crippen LogP contribution in [0.15, 0.2) is 65.3 Å². The first-order valence-corrected chi connectivity index (χ1v) is 15.5. The van der Waals surface area contributed by atoms with Gasteiger partial charge in [-0.25, -0.2) is 4.98 Å². The van der Waals surface area contributed by atoms with E-state index in [-0.39, 0.29) is 28.4 Å². The number of halogens is 3. The Morgan fingerprint density at radius 3 is 2.32 bits per heavy atom. The van der Waals surface area contributed by atoms with Crippen LogP contribution in [-0.4, -0.2) is 79.9 Å². The number of rotatable bonds is 7. The number of Topliss-reactive ketones (excluding diaryl/α,β-unsaturated/α-hetero) is 1. The second kappa shape index (κ2) is 12.1. The van der Waals surface area contributed by atoms with Crippen molar-refractivity contribution in [3.8, 4) is 5.75 Å². The third kappa shape index (κ3) is 6.11. The fraction of sp³-hybridized carbons (Fsp3) is 0.355. The molecule has 1 fully saturated rings. The number of hydrogen-bond acceptors (Lipinski definition) is 8. The van der Waals surface area contributed by atoms with Crippen molar-refractivity contribution in [3.63, 3.8) is 0 Å². The first kappa shape index (κ1) is 31.3. The Kier molecular flexibility index (Phi) is 8.63. The van der Waals surface area contributed by atoms with E-state index in [4.69, 9.17) is 4.74 Å². The van der Waals surface area contributed by atoms with Crippen LogP contribution in [0.3, 0.4) is 0 Å². The molecule has 2 aliphatic heterocycles. The number of carbonyl (C=O) groups excluding carboxylic acids is 1. The lowest BCUT2D eigenvalue weighted by molar-refractivity contribution is -0.137. The highest BCUT2D eigenvalue weighted by molar-refractivity contribution is 7.89. The van der Waals surface area contributed by atoms with Gasteiger partial charge in [-0.15, -0.1) is 0 Å². The van der Waals surface area contributed by atoms with Crippen LogP contribution >= 0.6 is 0 Å². The Morgan fingerprint density at radius 1 is 1.00 bits per heavy atom. The van der Waals surface area contributed by atoms with E-state index >= 15 is 0 Å². The van der Waals surface area contributed by atoms with Gasteiger partial charge in [-0.05, 0) is 74.4 Å². The largest absolute Gasteiger partial charge is 0.505 e. The average molecular weight is 631 g/mol. The highest BCUT2D eigenvalue weighted by Gasteiger charge is 2.44. The number of ketones is 1. The number of allylic oxidation sites excluding steroid dienone is 1. The van der Waals surface area contributed by atoms with E-state index in [0.717, 1.165) is 16.4 Å². The van der Waals surface area contributed by atoms with Crippen LogP contribution in [0.5, 0.6) is 5.75 Å². The van der Waals surface area contributed by atoms with Gasteiger partial charge >= 0.3 is 6.18 Å². The van der Waals surface area contributed by atoms with Crippen LogP contribution in [0.2, 0.25) is 0 Å². The van der Waals surface area contributed by atoms with Crippen LogP contribution in [-0.2, 0) is 16.2 Å². The van der Waals surface area contributed by atoms with Crippen molar-refractivity contribution in [2.24, 2.45) is 0 Å². The number of benzene rings is 2. The predicted octanol–water partition coefficient (Wildman–Crippen LogP) is 5.05. The van der Waals surface area contributed by atoms with E-state index in [1.165, 1.54) is 13.2 Å². The molecule has 0 unspecified atom stereocenters. The number of aliphatic hydroxyl groups is 1. The van der Waals surface area contributed by atoms with Gasteiger partial charge in [0.2, 0.25) is 5.78 Å². The van der Waals surface area contributed by atoms with Crippen molar-refractivity contribution in [1.29, 1.82) is 0 Å². The lowest BCUT2D eigenvalue weighted by Crippen LogP contribution is -2.47. The molecule has 0 bridgehead atoms. The lowest BCUT2D eigenvalue weighted by atomic mass is 10.0. The van der Waals surface area contributed by atoms with Gasteiger partial charge in [0.25, 0.3) is 10.0 Å². The summed E-state index contributed by atoms with van der Waals surface area (Å²) in [7, 11) is -2.81. The molecule has 0 aliphatic carbocycles. The lowest BCUT2D eigenvalue weighted by Gasteiger charge is -2.37. The fourth-order valence-electron chi connectivity index (χ4n) is 5.61. The number of sulfonamides is 1. The average Bonchev–Trinajstić information content (AvgIpc) is 2.99. The Balaban J connectivity index is 1.36. The topological polar surface area (TPSA) is 103 Å². The molecule has 13 heteroatoms. The maximum absolute atomic E-state index is 13.9. The van der Waals surface area contributed by atoms with Gasteiger partial charge < -0.3 is 14.7 Å². The summed E-state index contributed by atoms with van der Waals surface area (Å²) in [6.07, 6.45) is -4.09. The van der Waals surface area contributed by atoms with Gasteiger partial charge in [-0.2, -0.15) is 21.6 Å². The Morgan fingerprint density at radius 2 is 1.68 bits per heavy atom. The number of alkyl halides is 3. The number of carbonyl (C=O) groups is 1. The first-order chi connectivity index (χ1) is 20.8. The minimum Gasteiger partial charge on any atom is -0.505 e. The molecule has 3 heterocycles. The molecule has 2 aliphatic rings. The number of anilines is 1. The van der Waals surface area contributed by atoms with Gasteiger partial charge in [-0.1, -0.05) is 6.07 Å². The minimum absolute atomic E-state index is 0.0624. The number of pyridine rings is 1. The monoisotopic (exact) mass is 630 g/mol. The van der Waals surface area contributed by atoms with Crippen LogP contribution in [0, 0.1) is 13.8 Å². The number of hydrogen-bond donors (Lipinski definition) is 1. The summed E-state index contributed by atoms with van der Waals surface area (Å²) in [5.41, 5.74) is 0.540. The van der Waals surface area contributed by atoms with E-state index in [1.807, 2.05) is 4.90 Å². The molecule has 0 spiro atoms. The zero-order chi connectivity index (χ0) is 31.8. The number of nitrogens with zero attached hydrogens (tertiary/aromatic N) is 4. The third-order valence-corrected chi connectivity index (χ3v) is 9.60. The normalized spacial score (nSPS) is 18.3. The van der Waals surface area contributed by atoms with Gasteiger partial charge in [0, 0.05) is 56.2 Å². The van der Waals surface area contributed by atoms with Crippen molar-refractivity contribution in [2.45, 2.75) is 31.5 Å². The van der Waals surface area contributed by atoms with Gasteiger partial charge in [0.1, 0.15) is 11.4 Å². The second-order valence-electron chi connectivity index (χ2n) is 10.8. The third-order valence-electron chi connectivity index (χ3n) is 7.87. The van der Waals surface area contributed by atoms with Crippen LogP contribution in [0.25, 0.3) is 5.76 Å². The van der Waals surface area contributed by atoms with Crippen molar-refractivity contribution < 1.29 is 36.2 Å². The first-order valence-electron chi connectivity index (χ1n) is 14.1. The van der Waals surface area contributed by atoms with Gasteiger partial charge in [0.05, 0.1) is 18.2 Å². The summed E-state index contributed by atoms with van der Waals surface area (Å²) in [5, 5.41) is 11.0. The standard InChI is InChI=1S/C31H33F3N4O5S/c1-20-18-21(2)35-30-26(20)29(40)27(28(39)22-8-10-25(43-3)11-9-22)38(44(30,41)42)13-5-12-36-14-16-37(17-15-36)24-7-4-6-23(19-24)31(32,33)34/h4,6-11,18-19,39H,5,12-17H2,1-3H3/b28-27-. The van der Waals surface area contributed by atoms with E-state index in [0.29, 0.717) is 61.8 Å². The number of piperazine rings is 1. The molecular weight excluding hydrogens is 597 g/mol. The van der Waals surface area contributed by atoms with Crippen molar-refractivity contribution in [2.75, 3.05) is 51.3 Å². The number of aromatic nitrogens is 1. The molecule has 234 valence electrons. The highest BCUT2D eigenvalue weighted by Crippen LogP contribution is 2.37. The second-order valence-corrected chi connectivity index (χ2v) is 12.6. The molecule has 1 aromatic heterocycles. The Bertz CT molecular complexity index is 1700. The quantitative estimate of drug-likeness (QED) is 0.286. The maximum atomic E-state index is 13.9. The summed E-state index contributed by atoms with van der Waals surface area (Å²) < 4.78 is 73.5. The molecule has 1 saturated heterocycles. The highest BCUT2D eigenvalue weighted by atomic mass is 32.2. The molecule has 1 N–H and O–H groups in total. The number of aryl methyl sites for hydroxylation is 2. The maximum Gasteiger partial charge on any atom is 0.416 e. The van der Waals surface area contributed by atoms with E-state index in [1.54, 1.807) is 50.2 Å². The molecule has 2 aromatic carbocycles. The van der Waals surface area contributed by atoms with E-state index < -0.39 is 33.3 Å². The molecule has 0 saturated carbocycles. The van der Waals surface area contributed by atoms with E-state index in [2.05, 4.69) is 9.88 Å². The summed E-state index contributed by atoms with van der Waals surface area (Å²) >= 11 is 0. The summed E-state index contributed by atoms with van der Waals surface area (Å²) in [4.78, 5) is 22.0. The number of methoxy groups -OCH3 is 1. The van der Waals surface area contributed by atoms with Gasteiger partial charge in [-0.3, -0.25) is 14.0 Å². The molecular formula is C31H33F3N4O5S. The smallest absolute Gasteiger partial charge is 0.416 e. The molecule has 9 nitrogen and oxygen atoms in total. The van der Waals surface area contributed by atoms with Crippen molar-refractivity contribution in [1.82, 2.24) is 14.2 Å². The van der Waals surface area contributed by atoms with E-state index in [9.17, 15) is 31.5 Å². The van der Waals surface area contributed by atoms with Crippen molar-refractivity contribution in [3.05, 3.63) is 88.2 Å². The summed E-state index contributed by atoms with van der Waals surface area (Å²) in [6, 6.07) is 13.1.